The number of ether oxygens (including phenoxy) is 1. The molecule has 0 bridgehead atoms. The van der Waals surface area contributed by atoms with Crippen molar-refractivity contribution < 1.29 is 21.5 Å². The maximum atomic E-state index is 10.8. The Bertz CT molecular complexity index is 210. The topological polar surface area (TPSA) is 46.5 Å². The number of aliphatic hydroxyl groups is 1. The Labute approximate surface area is 61.7 Å². The van der Waals surface area contributed by atoms with E-state index in [0.29, 0.717) is 0 Å². The van der Waals surface area contributed by atoms with Gasteiger partial charge in [-0.05, 0) is 13.8 Å². The van der Waals surface area contributed by atoms with Gasteiger partial charge < -0.3 is 9.84 Å². The number of carbonyl (C=O) groups is 1. The van der Waals surface area contributed by atoms with Gasteiger partial charge in [0, 0.05) is 4.11 Å². The van der Waals surface area contributed by atoms with Crippen LogP contribution in [0.3, 0.4) is 0 Å². The summed E-state index contributed by atoms with van der Waals surface area (Å²) in [6.07, 6.45) is -1.43. The molecule has 0 aliphatic heterocycles. The maximum absolute atomic E-state index is 10.8. The molecule has 0 amide bonds. The molecule has 3 nitrogen and oxygen atoms in total. The van der Waals surface area contributed by atoms with E-state index in [1.165, 1.54) is 6.92 Å². The van der Waals surface area contributed by atoms with E-state index in [4.69, 9.17) is 12.0 Å². The molecule has 0 heterocycles. The summed E-state index contributed by atoms with van der Waals surface area (Å²) in [6.45, 7) is -4.73. The predicted octanol–water partition coefficient (Wildman–Crippen LogP) is 0.320. The number of aliphatic hydroxyl groups excluding tert-OH is 1. The molecule has 54 valence electrons. The Balaban J connectivity index is 4.30. The molecule has 0 aromatic heterocycles. The highest BCUT2D eigenvalue weighted by atomic mass is 16.5. The molecule has 1 atom stereocenters. The molecule has 0 aromatic carbocycles. The molecular formula is C6H12O3. The van der Waals surface area contributed by atoms with Crippen molar-refractivity contribution in [1.29, 1.82) is 0 Å². The van der Waals surface area contributed by atoms with Crippen LogP contribution >= 0.6 is 0 Å². The minimum Gasteiger partial charge on any atom is -0.466 e. The van der Waals surface area contributed by atoms with E-state index in [9.17, 15) is 4.79 Å². The number of hydrogen-bond donors (Lipinski definition) is 1. The van der Waals surface area contributed by atoms with Gasteiger partial charge in [0.2, 0.25) is 0 Å². The van der Waals surface area contributed by atoms with Crippen LogP contribution in [0.2, 0.25) is 0 Å². The fourth-order valence-electron chi connectivity index (χ4n) is 0.340. The van der Waals surface area contributed by atoms with Gasteiger partial charge in [0.25, 0.3) is 0 Å². The van der Waals surface area contributed by atoms with Crippen LogP contribution < -0.4 is 0 Å². The molecule has 0 aromatic rings. The molecule has 0 aliphatic rings. The van der Waals surface area contributed by atoms with Crippen LogP contribution in [0.4, 0.5) is 0 Å². The minimum absolute atomic E-state index is 0.435. The van der Waals surface area contributed by atoms with Crippen molar-refractivity contribution in [3.63, 3.8) is 0 Å². The first-order valence-corrected chi connectivity index (χ1v) is 2.46. The highest BCUT2D eigenvalue weighted by Crippen LogP contribution is 1.91. The normalized spacial score (nSPS) is 24.0. The zero-order chi connectivity index (χ0) is 11.6. The standard InChI is InChI=1S/C6H12O3/c1-3-9-6(8)4-5(2)7/h5,7H,3-4H2,1-2H3/i1D3,3D2. The van der Waals surface area contributed by atoms with Gasteiger partial charge in [0.15, 0.2) is 0 Å². The summed E-state index contributed by atoms with van der Waals surface area (Å²) >= 11 is 0. The van der Waals surface area contributed by atoms with Crippen LogP contribution in [-0.2, 0) is 9.53 Å². The van der Waals surface area contributed by atoms with Crippen LogP contribution in [0.25, 0.3) is 0 Å². The second kappa shape index (κ2) is 4.32. The Morgan fingerprint density at radius 3 is 3.22 bits per heavy atom. The van der Waals surface area contributed by atoms with Gasteiger partial charge in [-0.15, -0.1) is 0 Å². The highest BCUT2D eigenvalue weighted by Gasteiger charge is 2.04. The van der Waals surface area contributed by atoms with E-state index in [-0.39, 0.29) is 0 Å². The Morgan fingerprint density at radius 1 is 2.11 bits per heavy atom. The molecule has 0 aliphatic carbocycles. The molecule has 3 heteroatoms. The first-order valence-electron chi connectivity index (χ1n) is 4.96. The van der Waals surface area contributed by atoms with Crippen LogP contribution in [0.5, 0.6) is 0 Å². The van der Waals surface area contributed by atoms with Crippen molar-refractivity contribution in [2.45, 2.75) is 26.3 Å². The Kier molecular flexibility index (Phi) is 1.45. The summed E-state index contributed by atoms with van der Waals surface area (Å²) in [5.41, 5.74) is 0. The van der Waals surface area contributed by atoms with Crippen LogP contribution in [-0.4, -0.2) is 23.7 Å². The van der Waals surface area contributed by atoms with Crippen LogP contribution in [0.1, 0.15) is 27.1 Å². The van der Waals surface area contributed by atoms with E-state index in [1.54, 1.807) is 0 Å². The summed E-state index contributed by atoms with van der Waals surface area (Å²) in [5, 5.41) is 8.76. The van der Waals surface area contributed by atoms with Gasteiger partial charge in [0.1, 0.15) is 0 Å². The molecule has 1 N–H and O–H groups in total. The highest BCUT2D eigenvalue weighted by molar-refractivity contribution is 5.69. The van der Waals surface area contributed by atoms with Gasteiger partial charge in [-0.2, -0.15) is 0 Å². The van der Waals surface area contributed by atoms with Crippen LogP contribution in [0, 0.1) is 0 Å². The quantitative estimate of drug-likeness (QED) is 0.570. The zero-order valence-corrected chi connectivity index (χ0v) is 5.05. The lowest BCUT2D eigenvalue weighted by Crippen LogP contribution is -2.11. The van der Waals surface area contributed by atoms with Gasteiger partial charge in [-0.3, -0.25) is 4.79 Å². The zero-order valence-electron chi connectivity index (χ0n) is 10.0. The number of carbonyl (C=O) groups excluding carboxylic acids is 1. The molecule has 0 spiro atoms. The monoisotopic (exact) mass is 137 g/mol. The van der Waals surface area contributed by atoms with Gasteiger partial charge in [-0.1, -0.05) is 0 Å². The van der Waals surface area contributed by atoms with Crippen molar-refractivity contribution in [1.82, 2.24) is 0 Å². The second-order valence-corrected chi connectivity index (χ2v) is 1.63. The van der Waals surface area contributed by atoms with Gasteiger partial charge in [-0.25, -0.2) is 0 Å². The number of esters is 1. The summed E-state index contributed by atoms with van der Waals surface area (Å²) in [4.78, 5) is 10.8. The average Bonchev–Trinajstić information content (AvgIpc) is 1.79. The Hall–Kier alpha value is -0.570. The lowest BCUT2D eigenvalue weighted by molar-refractivity contribution is -0.145. The van der Waals surface area contributed by atoms with E-state index in [1.807, 2.05) is 0 Å². The molecule has 9 heavy (non-hydrogen) atoms. The number of hydrogen-bond acceptors (Lipinski definition) is 3. The minimum atomic E-state index is -3.03. The molecular weight excluding hydrogens is 120 g/mol. The fraction of sp³-hybridized carbons (Fsp3) is 0.833. The smallest absolute Gasteiger partial charge is 0.308 e. The van der Waals surface area contributed by atoms with Crippen molar-refractivity contribution >= 4 is 5.97 Å². The van der Waals surface area contributed by atoms with Crippen molar-refractivity contribution in [3.05, 3.63) is 0 Å². The molecule has 1 unspecified atom stereocenters. The largest absolute Gasteiger partial charge is 0.466 e. The number of rotatable bonds is 3. The van der Waals surface area contributed by atoms with Gasteiger partial charge in [0.05, 0.1) is 21.8 Å². The third-order valence-electron chi connectivity index (χ3n) is 0.627. The van der Waals surface area contributed by atoms with E-state index in [0.717, 1.165) is 0 Å². The molecule has 0 saturated carbocycles. The van der Waals surface area contributed by atoms with Crippen molar-refractivity contribution in [2.24, 2.45) is 0 Å². The predicted molar refractivity (Wildman–Crippen MR) is 32.9 cm³/mol. The summed E-state index contributed by atoms with van der Waals surface area (Å²) in [6, 6.07) is 0. The van der Waals surface area contributed by atoms with Crippen molar-refractivity contribution in [3.8, 4) is 0 Å². The molecule has 0 fully saturated rings. The van der Waals surface area contributed by atoms with E-state index >= 15 is 0 Å². The SMILES string of the molecule is [2H]C([2H])([2H])C([2H])([2H])OC(=O)CC(C)O. The average molecular weight is 137 g/mol. The van der Waals surface area contributed by atoms with E-state index < -0.39 is 31.9 Å². The maximum Gasteiger partial charge on any atom is 0.308 e. The van der Waals surface area contributed by atoms with E-state index in [2.05, 4.69) is 4.74 Å². The second-order valence-electron chi connectivity index (χ2n) is 1.63. The summed E-state index contributed by atoms with van der Waals surface area (Å²) in [7, 11) is 0. The third-order valence-corrected chi connectivity index (χ3v) is 0.627. The van der Waals surface area contributed by atoms with Crippen LogP contribution in [0.15, 0.2) is 0 Å². The first-order chi connectivity index (χ1) is 6.06. The van der Waals surface area contributed by atoms with Crippen molar-refractivity contribution in [2.75, 3.05) is 6.56 Å². The lowest BCUT2D eigenvalue weighted by Gasteiger charge is -2.01. The Morgan fingerprint density at radius 2 is 2.78 bits per heavy atom. The summed E-state index contributed by atoms with van der Waals surface area (Å²) in [5.74, 6) is -1.08. The molecule has 0 radical (unpaired) electrons. The third kappa shape index (κ3) is 5.30. The molecule has 0 saturated heterocycles. The summed E-state index contributed by atoms with van der Waals surface area (Å²) < 4.78 is 38.1. The van der Waals surface area contributed by atoms with Gasteiger partial charge >= 0.3 is 5.97 Å². The molecule has 0 rings (SSSR count). The fourth-order valence-corrected chi connectivity index (χ4v) is 0.340. The lowest BCUT2D eigenvalue weighted by atomic mass is 10.3. The first kappa shape index (κ1) is 3.01.